The van der Waals surface area contributed by atoms with Gasteiger partial charge in [-0.3, -0.25) is 9.59 Å². The summed E-state index contributed by atoms with van der Waals surface area (Å²) in [6.45, 7) is 5.13. The van der Waals surface area contributed by atoms with Crippen molar-refractivity contribution in [3.63, 3.8) is 0 Å². The number of rotatable bonds is 8. The minimum atomic E-state index is -3.55. The van der Waals surface area contributed by atoms with Gasteiger partial charge in [0.2, 0.25) is 15.9 Å². The van der Waals surface area contributed by atoms with Gasteiger partial charge >= 0.3 is 5.97 Å². The van der Waals surface area contributed by atoms with Crippen molar-refractivity contribution in [3.05, 3.63) is 29.8 Å². The molecular weight excluding hydrogens is 392 g/mol. The molecule has 0 atom stereocenters. The van der Waals surface area contributed by atoms with Crippen molar-refractivity contribution in [1.82, 2.24) is 9.21 Å². The standard InChI is InChI=1S/C21H30N2O5S/c1-3-28-20(24)15-22(14-17-6-7-17)21(25)18-10-12-23(13-11-18)29(26,27)19-8-4-16(2)5-9-19/h4-5,8-9,17-18H,3,6-7,10-15H2,1-2H3. The van der Waals surface area contributed by atoms with Crippen molar-refractivity contribution in [2.45, 2.75) is 44.4 Å². The fourth-order valence-electron chi connectivity index (χ4n) is 3.67. The molecule has 1 heterocycles. The molecule has 2 aliphatic rings. The van der Waals surface area contributed by atoms with Crippen molar-refractivity contribution in [2.24, 2.45) is 11.8 Å². The van der Waals surface area contributed by atoms with Crippen LogP contribution >= 0.6 is 0 Å². The number of ether oxygens (including phenoxy) is 1. The second-order valence-corrected chi connectivity index (χ2v) is 9.90. The number of nitrogens with zero attached hydrogens (tertiary/aromatic N) is 2. The van der Waals surface area contributed by atoms with Gasteiger partial charge in [-0.25, -0.2) is 8.42 Å². The summed E-state index contributed by atoms with van der Waals surface area (Å²) >= 11 is 0. The van der Waals surface area contributed by atoms with Gasteiger partial charge in [-0.05, 0) is 57.6 Å². The largest absolute Gasteiger partial charge is 0.465 e. The van der Waals surface area contributed by atoms with E-state index < -0.39 is 10.0 Å². The lowest BCUT2D eigenvalue weighted by Gasteiger charge is -2.33. The van der Waals surface area contributed by atoms with Crippen LogP contribution in [0.15, 0.2) is 29.2 Å². The Morgan fingerprint density at radius 2 is 1.72 bits per heavy atom. The fourth-order valence-corrected chi connectivity index (χ4v) is 5.14. The van der Waals surface area contributed by atoms with Crippen LogP contribution in [0.2, 0.25) is 0 Å². The Morgan fingerprint density at radius 1 is 1.10 bits per heavy atom. The molecule has 160 valence electrons. The summed E-state index contributed by atoms with van der Waals surface area (Å²) in [7, 11) is -3.55. The van der Waals surface area contributed by atoms with E-state index in [0.29, 0.717) is 45.0 Å². The van der Waals surface area contributed by atoms with Gasteiger partial charge in [0.25, 0.3) is 0 Å². The van der Waals surface area contributed by atoms with E-state index in [0.717, 1.165) is 18.4 Å². The Labute approximate surface area is 173 Å². The highest BCUT2D eigenvalue weighted by atomic mass is 32.2. The van der Waals surface area contributed by atoms with Crippen molar-refractivity contribution >= 4 is 21.9 Å². The molecule has 7 nitrogen and oxygen atoms in total. The Balaban J connectivity index is 1.61. The molecule has 1 saturated carbocycles. The molecule has 0 radical (unpaired) electrons. The summed E-state index contributed by atoms with van der Waals surface area (Å²) in [6, 6.07) is 6.82. The zero-order valence-electron chi connectivity index (χ0n) is 17.2. The maximum Gasteiger partial charge on any atom is 0.325 e. The number of esters is 1. The number of carbonyl (C=O) groups is 2. The predicted octanol–water partition coefficient (Wildman–Crippen LogP) is 2.20. The molecule has 0 aromatic heterocycles. The molecule has 29 heavy (non-hydrogen) atoms. The van der Waals surface area contributed by atoms with Crippen LogP contribution in [-0.4, -0.2) is 62.3 Å². The number of amides is 1. The van der Waals surface area contributed by atoms with E-state index in [9.17, 15) is 18.0 Å². The predicted molar refractivity (Wildman–Crippen MR) is 109 cm³/mol. The lowest BCUT2D eigenvalue weighted by molar-refractivity contribution is -0.150. The van der Waals surface area contributed by atoms with E-state index in [2.05, 4.69) is 0 Å². The topological polar surface area (TPSA) is 84.0 Å². The highest BCUT2D eigenvalue weighted by Crippen LogP contribution is 2.31. The van der Waals surface area contributed by atoms with Crippen LogP contribution in [0, 0.1) is 18.8 Å². The quantitative estimate of drug-likeness (QED) is 0.600. The van der Waals surface area contributed by atoms with E-state index in [4.69, 9.17) is 4.74 Å². The highest BCUT2D eigenvalue weighted by molar-refractivity contribution is 7.89. The molecule has 8 heteroatoms. The Morgan fingerprint density at radius 3 is 2.28 bits per heavy atom. The van der Waals surface area contributed by atoms with Crippen molar-refractivity contribution in [1.29, 1.82) is 0 Å². The fraction of sp³-hybridized carbons (Fsp3) is 0.619. The third-order valence-electron chi connectivity index (χ3n) is 5.57. The molecule has 3 rings (SSSR count). The first-order chi connectivity index (χ1) is 13.8. The second-order valence-electron chi connectivity index (χ2n) is 7.96. The van der Waals surface area contributed by atoms with Gasteiger partial charge in [-0.15, -0.1) is 0 Å². The number of hydrogen-bond acceptors (Lipinski definition) is 5. The van der Waals surface area contributed by atoms with Crippen LogP contribution in [0.3, 0.4) is 0 Å². The Kier molecular flexibility index (Phi) is 6.95. The SMILES string of the molecule is CCOC(=O)CN(CC1CC1)C(=O)C1CCN(S(=O)(=O)c2ccc(C)cc2)CC1. The average molecular weight is 423 g/mol. The van der Waals surface area contributed by atoms with Gasteiger partial charge in [0.05, 0.1) is 11.5 Å². The van der Waals surface area contributed by atoms with Gasteiger partial charge in [-0.2, -0.15) is 4.31 Å². The smallest absolute Gasteiger partial charge is 0.325 e. The number of benzene rings is 1. The molecule has 0 N–H and O–H groups in total. The van der Waals surface area contributed by atoms with E-state index in [-0.39, 0.29) is 29.2 Å². The van der Waals surface area contributed by atoms with Crippen LogP contribution in [0.5, 0.6) is 0 Å². The summed E-state index contributed by atoms with van der Waals surface area (Å²) in [4.78, 5) is 26.8. The zero-order valence-corrected chi connectivity index (χ0v) is 18.0. The molecule has 0 unspecified atom stereocenters. The van der Waals surface area contributed by atoms with Crippen LogP contribution in [0.25, 0.3) is 0 Å². The van der Waals surface area contributed by atoms with Crippen LogP contribution in [-0.2, 0) is 24.3 Å². The highest BCUT2D eigenvalue weighted by Gasteiger charge is 2.36. The molecule has 1 aliphatic carbocycles. The van der Waals surface area contributed by atoms with Crippen molar-refractivity contribution in [2.75, 3.05) is 32.8 Å². The maximum absolute atomic E-state index is 13.0. The minimum Gasteiger partial charge on any atom is -0.465 e. The van der Waals surface area contributed by atoms with Crippen LogP contribution in [0.4, 0.5) is 0 Å². The lowest BCUT2D eigenvalue weighted by Crippen LogP contribution is -2.46. The van der Waals surface area contributed by atoms with Gasteiger partial charge in [0.15, 0.2) is 0 Å². The van der Waals surface area contributed by atoms with E-state index in [1.54, 1.807) is 36.1 Å². The molecule has 1 amide bonds. The Hall–Kier alpha value is -1.93. The first-order valence-corrected chi connectivity index (χ1v) is 11.8. The van der Waals surface area contributed by atoms with E-state index in [1.165, 1.54) is 4.31 Å². The second kappa shape index (κ2) is 9.26. The van der Waals surface area contributed by atoms with E-state index >= 15 is 0 Å². The Bertz CT molecular complexity index is 825. The first kappa shape index (κ1) is 21.8. The van der Waals surface area contributed by atoms with Crippen LogP contribution in [0.1, 0.15) is 38.2 Å². The van der Waals surface area contributed by atoms with E-state index in [1.807, 2.05) is 6.92 Å². The third-order valence-corrected chi connectivity index (χ3v) is 7.49. The molecule has 1 aromatic rings. The summed E-state index contributed by atoms with van der Waals surface area (Å²) in [5.74, 6) is -0.235. The normalized spacial score (nSPS) is 18.4. The number of hydrogen-bond donors (Lipinski definition) is 0. The van der Waals surface area contributed by atoms with Gasteiger partial charge in [0.1, 0.15) is 6.54 Å². The van der Waals surface area contributed by atoms with Crippen molar-refractivity contribution in [3.8, 4) is 0 Å². The molecule has 2 fully saturated rings. The molecule has 1 saturated heterocycles. The summed E-state index contributed by atoms with van der Waals surface area (Å²) < 4.78 is 32.2. The number of sulfonamides is 1. The molecule has 1 aliphatic heterocycles. The monoisotopic (exact) mass is 422 g/mol. The number of piperidine rings is 1. The van der Waals surface area contributed by atoms with Gasteiger partial charge in [-0.1, -0.05) is 17.7 Å². The lowest BCUT2D eigenvalue weighted by atomic mass is 9.96. The zero-order chi connectivity index (χ0) is 21.0. The summed E-state index contributed by atoms with van der Waals surface area (Å²) in [5, 5.41) is 0. The van der Waals surface area contributed by atoms with Crippen molar-refractivity contribution < 1.29 is 22.7 Å². The van der Waals surface area contributed by atoms with Gasteiger partial charge < -0.3 is 9.64 Å². The van der Waals surface area contributed by atoms with Crippen LogP contribution < -0.4 is 0 Å². The maximum atomic E-state index is 13.0. The summed E-state index contributed by atoms with van der Waals surface area (Å²) in [6.07, 6.45) is 3.10. The van der Waals surface area contributed by atoms with Gasteiger partial charge in [0, 0.05) is 25.6 Å². The number of aryl methyl sites for hydroxylation is 1. The molecule has 0 bridgehead atoms. The molecule has 1 aromatic carbocycles. The minimum absolute atomic E-state index is 0.0228. The third kappa shape index (κ3) is 5.57. The summed E-state index contributed by atoms with van der Waals surface area (Å²) in [5.41, 5.74) is 1.01. The number of carbonyl (C=O) groups excluding carboxylic acids is 2. The molecular formula is C21H30N2O5S. The molecule has 0 spiro atoms. The first-order valence-electron chi connectivity index (χ1n) is 10.3. The average Bonchev–Trinajstić information content (AvgIpc) is 3.52.